The first-order valence-electron chi connectivity index (χ1n) is 7.74. The average molecular weight is 421 g/mol. The molecule has 0 spiro atoms. The Morgan fingerprint density at radius 1 is 1.48 bits per heavy atom. The summed E-state index contributed by atoms with van der Waals surface area (Å²) in [5.41, 5.74) is 7.34. The largest absolute Gasteiger partial charge is 0.462 e. The summed E-state index contributed by atoms with van der Waals surface area (Å²) in [6.07, 6.45) is 0. The number of nitrogen functional groups attached to an aromatic ring is 1. The van der Waals surface area contributed by atoms with Crippen molar-refractivity contribution < 1.29 is 13.9 Å². The number of thioether (sulfide) groups is 1. The maximum atomic E-state index is 12.1. The Hall–Kier alpha value is -2.54. The lowest BCUT2D eigenvalue weighted by molar-refractivity contribution is 0.0531. The van der Waals surface area contributed by atoms with Crippen molar-refractivity contribution in [3.8, 4) is 17.5 Å². The molecule has 2 heterocycles. The van der Waals surface area contributed by atoms with E-state index in [-0.39, 0.29) is 22.9 Å². The summed E-state index contributed by atoms with van der Waals surface area (Å²) in [7, 11) is 0. The third kappa shape index (κ3) is 4.24. The smallest absolute Gasteiger partial charge is 0.348 e. The Balaban J connectivity index is 1.81. The highest BCUT2D eigenvalue weighted by molar-refractivity contribution is 7.98. The summed E-state index contributed by atoms with van der Waals surface area (Å²) >= 11 is 8.21. The molecule has 138 valence electrons. The molecule has 7 nitrogen and oxygen atoms in total. The number of hydrogen-bond acceptors (Lipinski definition) is 9. The van der Waals surface area contributed by atoms with E-state index in [4.69, 9.17) is 26.5 Å². The molecule has 27 heavy (non-hydrogen) atoms. The second kappa shape index (κ2) is 8.43. The Morgan fingerprint density at radius 2 is 2.30 bits per heavy atom. The third-order valence-corrected chi connectivity index (χ3v) is 5.55. The number of hydrogen-bond donors (Lipinski definition) is 1. The number of rotatable bonds is 6. The van der Waals surface area contributed by atoms with E-state index in [0.29, 0.717) is 32.1 Å². The molecule has 2 aromatic heterocycles. The number of halogens is 1. The lowest BCUT2D eigenvalue weighted by atomic mass is 10.2. The zero-order valence-corrected chi connectivity index (χ0v) is 16.5. The Morgan fingerprint density at radius 3 is 3.00 bits per heavy atom. The second-order valence-corrected chi connectivity index (χ2v) is 7.57. The summed E-state index contributed by atoms with van der Waals surface area (Å²) in [6, 6.07) is 9.10. The molecule has 3 aromatic rings. The molecule has 0 saturated heterocycles. The van der Waals surface area contributed by atoms with Crippen LogP contribution in [0, 0.1) is 11.3 Å². The fourth-order valence-corrected chi connectivity index (χ4v) is 4.25. The van der Waals surface area contributed by atoms with Gasteiger partial charge in [-0.2, -0.15) is 5.26 Å². The van der Waals surface area contributed by atoms with Crippen molar-refractivity contribution in [2.24, 2.45) is 0 Å². The van der Waals surface area contributed by atoms with Gasteiger partial charge in [-0.3, -0.25) is 0 Å². The molecule has 0 atom stereocenters. The minimum absolute atomic E-state index is 0.234. The van der Waals surface area contributed by atoms with E-state index in [1.54, 1.807) is 31.2 Å². The van der Waals surface area contributed by atoms with Crippen LogP contribution >= 0.6 is 34.7 Å². The number of thiophene rings is 1. The first kappa shape index (κ1) is 19.2. The van der Waals surface area contributed by atoms with E-state index < -0.39 is 5.97 Å². The molecule has 0 radical (unpaired) electrons. The Kier molecular flexibility index (Phi) is 6.01. The van der Waals surface area contributed by atoms with E-state index in [2.05, 4.69) is 10.2 Å². The van der Waals surface area contributed by atoms with Crippen molar-refractivity contribution in [3.63, 3.8) is 0 Å². The molecule has 1 aromatic carbocycles. The third-order valence-electron chi connectivity index (χ3n) is 3.42. The second-order valence-electron chi connectivity index (χ2n) is 5.15. The van der Waals surface area contributed by atoms with E-state index in [1.807, 2.05) is 6.07 Å². The first-order valence-corrected chi connectivity index (χ1v) is 9.92. The van der Waals surface area contributed by atoms with Crippen LogP contribution in [-0.2, 0) is 10.5 Å². The minimum atomic E-state index is -0.503. The van der Waals surface area contributed by atoms with Gasteiger partial charge in [-0.1, -0.05) is 29.4 Å². The zero-order chi connectivity index (χ0) is 19.4. The number of ether oxygens (including phenoxy) is 1. The number of carbonyl (C=O) groups is 1. The molecule has 3 rings (SSSR count). The fourth-order valence-electron chi connectivity index (χ4n) is 2.25. The van der Waals surface area contributed by atoms with Crippen molar-refractivity contribution in [2.45, 2.75) is 17.9 Å². The quantitative estimate of drug-likeness (QED) is 0.461. The van der Waals surface area contributed by atoms with Crippen LogP contribution < -0.4 is 5.73 Å². The number of anilines is 1. The van der Waals surface area contributed by atoms with Crippen LogP contribution in [0.5, 0.6) is 0 Å². The number of benzene rings is 1. The monoisotopic (exact) mass is 420 g/mol. The minimum Gasteiger partial charge on any atom is -0.462 e. The lowest BCUT2D eigenvalue weighted by Crippen LogP contribution is -2.05. The molecule has 10 heteroatoms. The summed E-state index contributed by atoms with van der Waals surface area (Å²) in [5, 5.41) is 18.5. The normalized spacial score (nSPS) is 10.6. The molecular weight excluding hydrogens is 408 g/mol. The average Bonchev–Trinajstić information content (AvgIpc) is 3.24. The highest BCUT2D eigenvalue weighted by Crippen LogP contribution is 2.36. The number of aromatic nitrogens is 2. The van der Waals surface area contributed by atoms with Crippen molar-refractivity contribution in [2.75, 3.05) is 12.3 Å². The molecule has 0 amide bonds. The number of esters is 1. The van der Waals surface area contributed by atoms with Gasteiger partial charge in [0.2, 0.25) is 5.89 Å². The van der Waals surface area contributed by atoms with Gasteiger partial charge < -0.3 is 14.9 Å². The van der Waals surface area contributed by atoms with Crippen molar-refractivity contribution in [1.82, 2.24) is 10.2 Å². The summed E-state index contributed by atoms with van der Waals surface area (Å²) in [6.45, 7) is 1.95. The van der Waals surface area contributed by atoms with E-state index in [0.717, 1.165) is 11.3 Å². The van der Waals surface area contributed by atoms with Crippen LogP contribution in [-0.4, -0.2) is 22.8 Å². The van der Waals surface area contributed by atoms with Gasteiger partial charge in [0.05, 0.1) is 12.2 Å². The van der Waals surface area contributed by atoms with E-state index in [1.165, 1.54) is 11.8 Å². The van der Waals surface area contributed by atoms with Crippen molar-refractivity contribution >= 4 is 45.7 Å². The molecule has 0 unspecified atom stereocenters. The van der Waals surface area contributed by atoms with Gasteiger partial charge in [-0.05, 0) is 25.1 Å². The molecule has 0 aliphatic carbocycles. The van der Waals surface area contributed by atoms with Gasteiger partial charge in [0.15, 0.2) is 0 Å². The van der Waals surface area contributed by atoms with Crippen LogP contribution in [0.15, 0.2) is 33.9 Å². The van der Waals surface area contributed by atoms with E-state index >= 15 is 0 Å². The summed E-state index contributed by atoms with van der Waals surface area (Å²) in [4.78, 5) is 12.4. The van der Waals surface area contributed by atoms with Gasteiger partial charge in [0, 0.05) is 21.9 Å². The highest BCUT2D eigenvalue weighted by atomic mass is 35.5. The number of nitrogens with zero attached hydrogens (tertiary/aromatic N) is 3. The molecule has 2 N–H and O–H groups in total. The van der Waals surface area contributed by atoms with Crippen LogP contribution in [0.1, 0.15) is 27.7 Å². The van der Waals surface area contributed by atoms with Crippen molar-refractivity contribution in [3.05, 3.63) is 45.3 Å². The zero-order valence-electron chi connectivity index (χ0n) is 14.1. The number of carbonyl (C=O) groups excluding carboxylic acids is 1. The lowest BCUT2D eigenvalue weighted by Gasteiger charge is -2.02. The highest BCUT2D eigenvalue weighted by Gasteiger charge is 2.23. The SMILES string of the molecule is CCOC(=O)c1sc(N)c(C#N)c1CSc1nnc(-c2cccc(Cl)c2)o1. The fraction of sp³-hybridized carbons (Fsp3) is 0.176. The van der Waals surface area contributed by atoms with Crippen LogP contribution in [0.3, 0.4) is 0 Å². The molecular formula is C17H13ClN4O3S2. The number of nitriles is 1. The van der Waals surface area contributed by atoms with Crippen molar-refractivity contribution in [1.29, 1.82) is 5.26 Å². The summed E-state index contributed by atoms with van der Waals surface area (Å²) < 4.78 is 10.7. The molecule has 0 bridgehead atoms. The first-order chi connectivity index (χ1) is 13.0. The van der Waals surface area contributed by atoms with Gasteiger partial charge in [-0.15, -0.1) is 21.5 Å². The predicted molar refractivity (Wildman–Crippen MR) is 104 cm³/mol. The molecule has 0 aliphatic rings. The molecule has 0 aliphatic heterocycles. The maximum absolute atomic E-state index is 12.1. The van der Waals surface area contributed by atoms with Crippen LogP contribution in [0.4, 0.5) is 5.00 Å². The topological polar surface area (TPSA) is 115 Å². The molecule has 0 fully saturated rings. The molecule has 0 saturated carbocycles. The Labute approximate surface area is 168 Å². The van der Waals surface area contributed by atoms with Gasteiger partial charge in [0.1, 0.15) is 15.9 Å². The Bertz CT molecular complexity index is 1030. The standard InChI is InChI=1S/C17H13ClN4O3S2/c1-2-24-16(23)13-12(11(7-19)14(20)27-13)8-26-17-22-21-15(25-17)9-4-3-5-10(18)6-9/h3-6H,2,8,20H2,1H3. The van der Waals surface area contributed by atoms with Gasteiger partial charge in [0.25, 0.3) is 5.22 Å². The van der Waals surface area contributed by atoms with Crippen LogP contribution in [0.25, 0.3) is 11.5 Å². The maximum Gasteiger partial charge on any atom is 0.348 e. The van der Waals surface area contributed by atoms with E-state index in [9.17, 15) is 10.1 Å². The predicted octanol–water partition coefficient (Wildman–Crippen LogP) is 4.37. The summed E-state index contributed by atoms with van der Waals surface area (Å²) in [5.74, 6) is 0.0921. The van der Waals surface area contributed by atoms with Gasteiger partial charge >= 0.3 is 5.97 Å². The number of nitrogens with two attached hydrogens (primary N) is 1. The van der Waals surface area contributed by atoms with Gasteiger partial charge in [-0.25, -0.2) is 4.79 Å². The van der Waals surface area contributed by atoms with Crippen LogP contribution in [0.2, 0.25) is 5.02 Å².